The number of nitrogens with one attached hydrogen (secondary N) is 2. The smallest absolute Gasteiger partial charge is 0.160 e. The predicted molar refractivity (Wildman–Crippen MR) is 122 cm³/mol. The molecule has 1 unspecified atom stereocenters. The van der Waals surface area contributed by atoms with Crippen molar-refractivity contribution in [1.82, 2.24) is 30.6 Å². The van der Waals surface area contributed by atoms with E-state index in [-0.39, 0.29) is 0 Å². The first-order chi connectivity index (χ1) is 15.2. The van der Waals surface area contributed by atoms with Gasteiger partial charge in [0.25, 0.3) is 0 Å². The van der Waals surface area contributed by atoms with Gasteiger partial charge in [-0.1, -0.05) is 6.58 Å². The summed E-state index contributed by atoms with van der Waals surface area (Å²) in [4.78, 5) is 18.0. The fourth-order valence-electron chi connectivity index (χ4n) is 3.68. The van der Waals surface area contributed by atoms with Crippen LogP contribution in [-0.4, -0.2) is 45.7 Å². The van der Waals surface area contributed by atoms with Crippen molar-refractivity contribution < 1.29 is 4.74 Å². The van der Waals surface area contributed by atoms with Crippen LogP contribution in [0.3, 0.4) is 0 Å². The van der Waals surface area contributed by atoms with E-state index in [2.05, 4.69) is 37.1 Å². The lowest BCUT2D eigenvalue weighted by atomic mass is 10.1. The Balaban J connectivity index is 1.46. The van der Waals surface area contributed by atoms with Crippen LogP contribution in [0.15, 0.2) is 55.8 Å². The van der Waals surface area contributed by atoms with Crippen molar-refractivity contribution in [3.8, 4) is 17.1 Å². The molecule has 7 heteroatoms. The van der Waals surface area contributed by atoms with E-state index in [1.807, 2.05) is 43.7 Å². The van der Waals surface area contributed by atoms with Crippen LogP contribution in [0.2, 0.25) is 0 Å². The first kappa shape index (κ1) is 20.9. The number of hydrogen-bond acceptors (Lipinski definition) is 7. The second kappa shape index (κ2) is 10.1. The number of hydrogen-bond donors (Lipinski definition) is 2. The summed E-state index contributed by atoms with van der Waals surface area (Å²) in [5.74, 6) is 1.44. The molecule has 1 saturated heterocycles. The molecule has 7 nitrogen and oxygen atoms in total. The minimum absolute atomic E-state index is 0.398. The van der Waals surface area contributed by atoms with E-state index in [9.17, 15) is 0 Å². The van der Waals surface area contributed by atoms with E-state index in [0.717, 1.165) is 53.3 Å². The van der Waals surface area contributed by atoms with E-state index < -0.39 is 0 Å². The van der Waals surface area contributed by atoms with Crippen LogP contribution in [0.5, 0.6) is 5.75 Å². The lowest BCUT2D eigenvalue weighted by Gasteiger charge is -2.25. The van der Waals surface area contributed by atoms with E-state index in [4.69, 9.17) is 4.74 Å². The highest BCUT2D eigenvalue weighted by Gasteiger charge is 2.14. The first-order valence-electron chi connectivity index (χ1n) is 10.7. The third-order valence-electron chi connectivity index (χ3n) is 5.25. The van der Waals surface area contributed by atoms with Gasteiger partial charge in [-0.15, -0.1) is 0 Å². The molecule has 0 radical (unpaired) electrons. The van der Waals surface area contributed by atoms with Crippen molar-refractivity contribution in [2.24, 2.45) is 0 Å². The number of pyridine rings is 2. The zero-order valence-corrected chi connectivity index (χ0v) is 17.8. The minimum atomic E-state index is 0.398. The van der Waals surface area contributed by atoms with E-state index in [0.29, 0.717) is 24.9 Å². The molecule has 160 valence electrons. The summed E-state index contributed by atoms with van der Waals surface area (Å²) in [6.07, 6.45) is 12.0. The number of aromatic nitrogens is 4. The van der Waals surface area contributed by atoms with Crippen molar-refractivity contribution in [3.05, 3.63) is 72.6 Å². The highest BCUT2D eigenvalue weighted by molar-refractivity contribution is 5.62. The summed E-state index contributed by atoms with van der Waals surface area (Å²) in [6, 6.07) is 6.27. The standard InChI is InChI=1S/C24H28N6O/c1-3-31-23-7-5-9-27-22(23)11-18-10-19(13-26-12-18)24-28-14-20(15-29-24)17(2)30-21-6-4-8-25-16-21/h5,7,9-10,12-15,21,25,30H,2-4,6,8,11,16H2,1H3. The van der Waals surface area contributed by atoms with E-state index in [1.54, 1.807) is 12.4 Å². The molecule has 4 heterocycles. The molecule has 1 atom stereocenters. The van der Waals surface area contributed by atoms with Gasteiger partial charge in [0.15, 0.2) is 5.82 Å². The monoisotopic (exact) mass is 416 g/mol. The Morgan fingerprint density at radius 1 is 1.23 bits per heavy atom. The number of rotatable bonds is 8. The van der Waals surface area contributed by atoms with Gasteiger partial charge in [-0.25, -0.2) is 9.97 Å². The van der Waals surface area contributed by atoms with Gasteiger partial charge in [0.05, 0.1) is 12.3 Å². The molecule has 0 saturated carbocycles. The zero-order chi connectivity index (χ0) is 21.5. The van der Waals surface area contributed by atoms with Crippen molar-refractivity contribution in [2.75, 3.05) is 19.7 Å². The van der Waals surface area contributed by atoms with E-state index in [1.165, 1.54) is 6.42 Å². The molecule has 3 aromatic heterocycles. The fourth-order valence-corrected chi connectivity index (χ4v) is 3.68. The second-order valence-corrected chi connectivity index (χ2v) is 7.60. The third kappa shape index (κ3) is 5.44. The average molecular weight is 417 g/mol. The van der Waals surface area contributed by atoms with Crippen LogP contribution >= 0.6 is 0 Å². The summed E-state index contributed by atoms with van der Waals surface area (Å²) in [7, 11) is 0. The van der Waals surface area contributed by atoms with Crippen LogP contribution in [0.1, 0.15) is 36.6 Å². The Morgan fingerprint density at radius 2 is 2.10 bits per heavy atom. The molecule has 31 heavy (non-hydrogen) atoms. The Morgan fingerprint density at radius 3 is 2.87 bits per heavy atom. The highest BCUT2D eigenvalue weighted by atomic mass is 16.5. The van der Waals surface area contributed by atoms with Gasteiger partial charge in [-0.2, -0.15) is 0 Å². The molecule has 4 rings (SSSR count). The maximum atomic E-state index is 5.69. The highest BCUT2D eigenvalue weighted by Crippen LogP contribution is 2.22. The third-order valence-corrected chi connectivity index (χ3v) is 5.25. The minimum Gasteiger partial charge on any atom is -0.492 e. The summed E-state index contributed by atoms with van der Waals surface area (Å²) in [5, 5.41) is 6.88. The first-order valence-corrected chi connectivity index (χ1v) is 10.7. The maximum absolute atomic E-state index is 5.69. The number of nitrogens with zero attached hydrogens (tertiary/aromatic N) is 4. The average Bonchev–Trinajstić information content (AvgIpc) is 2.81. The Labute approximate surface area is 183 Å². The lowest BCUT2D eigenvalue weighted by molar-refractivity contribution is 0.335. The molecule has 0 bridgehead atoms. The number of ether oxygens (including phenoxy) is 1. The van der Waals surface area contributed by atoms with Gasteiger partial charge in [0.1, 0.15) is 5.75 Å². The Hall–Kier alpha value is -3.32. The predicted octanol–water partition coefficient (Wildman–Crippen LogP) is 3.24. The summed E-state index contributed by atoms with van der Waals surface area (Å²) in [5.41, 5.74) is 4.53. The second-order valence-electron chi connectivity index (χ2n) is 7.60. The molecule has 3 aromatic rings. The molecule has 0 amide bonds. The zero-order valence-electron chi connectivity index (χ0n) is 17.8. The molecular weight excluding hydrogens is 388 g/mol. The maximum Gasteiger partial charge on any atom is 0.160 e. The molecule has 2 N–H and O–H groups in total. The normalized spacial score (nSPS) is 16.0. The van der Waals surface area contributed by atoms with Crippen molar-refractivity contribution >= 4 is 5.70 Å². The molecule has 1 aliphatic rings. The molecular formula is C24H28N6O. The van der Waals surface area contributed by atoms with Crippen LogP contribution in [0.4, 0.5) is 0 Å². The molecule has 1 fully saturated rings. The van der Waals surface area contributed by atoms with Crippen LogP contribution < -0.4 is 15.4 Å². The van der Waals surface area contributed by atoms with Gasteiger partial charge in [-0.3, -0.25) is 9.97 Å². The fraction of sp³-hybridized carbons (Fsp3) is 0.333. The van der Waals surface area contributed by atoms with Crippen molar-refractivity contribution in [2.45, 2.75) is 32.2 Å². The largest absolute Gasteiger partial charge is 0.492 e. The molecule has 0 aromatic carbocycles. The molecule has 0 aliphatic carbocycles. The van der Waals surface area contributed by atoms with Gasteiger partial charge < -0.3 is 15.4 Å². The van der Waals surface area contributed by atoms with Gasteiger partial charge in [-0.05, 0) is 50.1 Å². The lowest BCUT2D eigenvalue weighted by Crippen LogP contribution is -2.42. The summed E-state index contributed by atoms with van der Waals surface area (Å²) < 4.78 is 5.69. The van der Waals surface area contributed by atoms with Crippen LogP contribution in [-0.2, 0) is 6.42 Å². The van der Waals surface area contributed by atoms with Crippen molar-refractivity contribution in [1.29, 1.82) is 0 Å². The Kier molecular flexibility index (Phi) is 6.84. The SMILES string of the molecule is C=C(NC1CCCNC1)c1cnc(-c2cncc(Cc3ncccc3OCC)c2)nc1. The molecule has 0 spiro atoms. The van der Waals surface area contributed by atoms with Crippen LogP contribution in [0, 0.1) is 0 Å². The van der Waals surface area contributed by atoms with Gasteiger partial charge >= 0.3 is 0 Å². The van der Waals surface area contributed by atoms with Crippen molar-refractivity contribution in [3.63, 3.8) is 0 Å². The van der Waals surface area contributed by atoms with E-state index >= 15 is 0 Å². The quantitative estimate of drug-likeness (QED) is 0.583. The summed E-state index contributed by atoms with van der Waals surface area (Å²) >= 11 is 0. The Bertz CT molecular complexity index is 1010. The molecule has 1 aliphatic heterocycles. The topological polar surface area (TPSA) is 84.9 Å². The number of piperidine rings is 1. The van der Waals surface area contributed by atoms with Crippen LogP contribution in [0.25, 0.3) is 17.1 Å². The van der Waals surface area contributed by atoms with Gasteiger partial charge in [0, 0.05) is 66.8 Å². The van der Waals surface area contributed by atoms with Gasteiger partial charge in [0.2, 0.25) is 0 Å². The summed E-state index contributed by atoms with van der Waals surface area (Å²) in [6.45, 7) is 8.77.